The van der Waals surface area contributed by atoms with Gasteiger partial charge in [-0.05, 0) is 73.3 Å². The molecule has 1 aliphatic rings. The van der Waals surface area contributed by atoms with Gasteiger partial charge in [0.05, 0.1) is 16.7 Å². The van der Waals surface area contributed by atoms with Gasteiger partial charge in [0.15, 0.2) is 5.82 Å². The second-order valence-corrected chi connectivity index (χ2v) is 12.3. The van der Waals surface area contributed by atoms with Crippen LogP contribution >= 0.6 is 0 Å². The minimum Gasteiger partial charge on any atom is -0.387 e. The molecule has 1 aliphatic heterocycles. The molecule has 1 atom stereocenters. The largest absolute Gasteiger partial charge is 0.387 e. The second-order valence-electron chi connectivity index (χ2n) is 10.5. The van der Waals surface area contributed by atoms with E-state index >= 15 is 0 Å². The van der Waals surface area contributed by atoms with E-state index in [2.05, 4.69) is 32.7 Å². The minimum atomic E-state index is -4.05. The van der Waals surface area contributed by atoms with Crippen molar-refractivity contribution in [2.75, 3.05) is 29.3 Å². The molecule has 0 saturated heterocycles. The van der Waals surface area contributed by atoms with E-state index < -0.39 is 16.1 Å². The molecule has 5 rings (SSSR count). The molecule has 10 nitrogen and oxygen atoms in total. The maximum Gasteiger partial charge on any atom is 0.342 e. The normalized spacial score (nSPS) is 13.5. The molecule has 0 radical (unpaired) electrons. The Morgan fingerprint density at radius 1 is 1.10 bits per heavy atom. The highest BCUT2D eigenvalue weighted by atomic mass is 32.2. The molecule has 2 aromatic heterocycles. The van der Waals surface area contributed by atoms with Crippen LogP contribution in [-0.2, 0) is 29.3 Å². The van der Waals surface area contributed by atoms with Crippen LogP contribution in [0.1, 0.15) is 61.2 Å². The zero-order valence-electron chi connectivity index (χ0n) is 23.9. The Balaban J connectivity index is 1.32. The first-order valence-electron chi connectivity index (χ1n) is 14.6. The van der Waals surface area contributed by atoms with Crippen molar-refractivity contribution in [1.29, 1.82) is 0 Å². The number of benzene rings is 2. The number of nitrogens with zero attached hydrogens (tertiary/aromatic N) is 4. The Hall–Kier alpha value is -3.80. The molecule has 0 bridgehead atoms. The molecule has 3 heterocycles. The molecule has 0 spiro atoms. The lowest BCUT2D eigenvalue weighted by molar-refractivity contribution is 0.174. The van der Waals surface area contributed by atoms with Gasteiger partial charge in [-0.15, -0.1) is 0 Å². The summed E-state index contributed by atoms with van der Waals surface area (Å²) in [4.78, 5) is 8.71. The molecule has 0 aliphatic carbocycles. The number of aliphatic hydroxyl groups is 1. The first kappa shape index (κ1) is 29.7. The summed E-state index contributed by atoms with van der Waals surface area (Å²) < 4.78 is 34.8. The number of aromatic nitrogens is 3. The Labute approximate surface area is 247 Å². The van der Waals surface area contributed by atoms with E-state index in [1.165, 1.54) is 0 Å². The van der Waals surface area contributed by atoms with Gasteiger partial charge in [-0.25, -0.2) is 8.42 Å². The minimum absolute atomic E-state index is 0.0714. The van der Waals surface area contributed by atoms with E-state index in [0.717, 1.165) is 65.3 Å². The SMILES string of the molecule is CCCCCCc1noc(N(c2ccc(CCNCC(O)c3cccnc3)cc2)S(=O)(=O)c2ccc3c(c2)CCN3)n1. The smallest absolute Gasteiger partial charge is 0.342 e. The summed E-state index contributed by atoms with van der Waals surface area (Å²) in [6.07, 6.45) is 9.02. The third-order valence-corrected chi connectivity index (χ3v) is 9.08. The number of rotatable bonds is 15. The van der Waals surface area contributed by atoms with Crippen molar-refractivity contribution in [1.82, 2.24) is 20.4 Å². The number of aliphatic hydroxyl groups excluding tert-OH is 1. The molecule has 0 saturated carbocycles. The Morgan fingerprint density at radius 2 is 1.95 bits per heavy atom. The molecular formula is C31H38N6O4S. The zero-order valence-corrected chi connectivity index (χ0v) is 24.7. The number of pyridine rings is 1. The lowest BCUT2D eigenvalue weighted by atomic mass is 10.1. The average Bonchev–Trinajstić information content (AvgIpc) is 3.68. The fourth-order valence-electron chi connectivity index (χ4n) is 5.00. The van der Waals surface area contributed by atoms with Gasteiger partial charge in [-0.2, -0.15) is 9.29 Å². The van der Waals surface area contributed by atoms with Crippen molar-refractivity contribution in [2.45, 2.75) is 62.9 Å². The monoisotopic (exact) mass is 590 g/mol. The van der Waals surface area contributed by atoms with Crippen LogP contribution in [0.2, 0.25) is 0 Å². The van der Waals surface area contributed by atoms with Gasteiger partial charge in [0, 0.05) is 43.2 Å². The third-order valence-electron chi connectivity index (χ3n) is 7.38. The summed E-state index contributed by atoms with van der Waals surface area (Å²) in [6, 6.07) is 16.0. The van der Waals surface area contributed by atoms with Gasteiger partial charge in [-0.3, -0.25) is 4.98 Å². The predicted octanol–water partition coefficient (Wildman–Crippen LogP) is 4.95. The van der Waals surface area contributed by atoms with Crippen LogP contribution in [0.4, 0.5) is 17.4 Å². The molecule has 2 aromatic carbocycles. The number of aryl methyl sites for hydroxylation is 1. The van der Waals surface area contributed by atoms with Crippen LogP contribution in [0.25, 0.3) is 0 Å². The summed E-state index contributed by atoms with van der Waals surface area (Å²) in [7, 11) is -4.05. The first-order valence-corrected chi connectivity index (χ1v) is 16.0. The molecule has 4 aromatic rings. The van der Waals surface area contributed by atoms with Crippen molar-refractivity contribution in [3.8, 4) is 0 Å². The van der Waals surface area contributed by atoms with Gasteiger partial charge >= 0.3 is 6.01 Å². The Kier molecular flexibility index (Phi) is 9.83. The number of hydrogen-bond acceptors (Lipinski definition) is 9. The molecule has 0 fully saturated rings. The van der Waals surface area contributed by atoms with Crippen LogP contribution in [-0.4, -0.2) is 48.3 Å². The van der Waals surface area contributed by atoms with Crippen LogP contribution in [0.15, 0.2) is 76.4 Å². The van der Waals surface area contributed by atoms with E-state index in [4.69, 9.17) is 4.52 Å². The fourth-order valence-corrected chi connectivity index (χ4v) is 6.42. The molecule has 42 heavy (non-hydrogen) atoms. The van der Waals surface area contributed by atoms with Crippen molar-refractivity contribution in [3.63, 3.8) is 0 Å². The highest BCUT2D eigenvalue weighted by Crippen LogP contribution is 2.34. The maximum atomic E-state index is 14.1. The molecule has 0 amide bonds. The van der Waals surface area contributed by atoms with E-state index in [9.17, 15) is 13.5 Å². The fraction of sp³-hybridized carbons (Fsp3) is 0.387. The number of nitrogens with one attached hydrogen (secondary N) is 2. The molecule has 222 valence electrons. The van der Waals surface area contributed by atoms with Gasteiger partial charge < -0.3 is 20.3 Å². The van der Waals surface area contributed by atoms with E-state index in [1.807, 2.05) is 24.3 Å². The quantitative estimate of drug-likeness (QED) is 0.165. The van der Waals surface area contributed by atoms with E-state index in [0.29, 0.717) is 37.4 Å². The number of sulfonamides is 1. The highest BCUT2D eigenvalue weighted by Gasteiger charge is 2.32. The molecule has 1 unspecified atom stereocenters. The summed E-state index contributed by atoms with van der Waals surface area (Å²) in [5.74, 6) is 0.496. The van der Waals surface area contributed by atoms with Gasteiger partial charge in [0.2, 0.25) is 0 Å². The Bertz CT molecular complexity index is 1540. The standard InChI is InChI=1S/C31H38N6O4S/c1-2-3-4-5-8-30-35-31(41-36-30)37(42(39,40)27-13-14-28-24(20-27)16-19-34-28)26-11-9-23(10-12-26)15-18-33-22-29(38)25-7-6-17-32-21-25/h6-7,9-14,17,20-21,29,33-34,38H,2-5,8,15-16,18-19,22H2,1H3. The summed E-state index contributed by atoms with van der Waals surface area (Å²) >= 11 is 0. The first-order chi connectivity index (χ1) is 20.5. The number of anilines is 3. The van der Waals surface area contributed by atoms with Crippen LogP contribution in [0.5, 0.6) is 0 Å². The molecular weight excluding hydrogens is 552 g/mol. The van der Waals surface area contributed by atoms with Crippen LogP contribution in [0.3, 0.4) is 0 Å². The third kappa shape index (κ3) is 7.15. The summed E-state index contributed by atoms with van der Waals surface area (Å²) in [5.41, 5.74) is 4.12. The van der Waals surface area contributed by atoms with Crippen molar-refractivity contribution >= 4 is 27.4 Å². The van der Waals surface area contributed by atoms with Crippen molar-refractivity contribution in [3.05, 3.63) is 89.5 Å². The Morgan fingerprint density at radius 3 is 2.74 bits per heavy atom. The number of unbranched alkanes of at least 4 members (excludes halogenated alkanes) is 3. The second kappa shape index (κ2) is 13.9. The predicted molar refractivity (Wildman–Crippen MR) is 162 cm³/mol. The summed E-state index contributed by atoms with van der Waals surface area (Å²) in [5, 5.41) is 21.0. The van der Waals surface area contributed by atoms with E-state index in [1.54, 1.807) is 42.7 Å². The average molecular weight is 591 g/mol. The molecule has 11 heteroatoms. The lowest BCUT2D eigenvalue weighted by Gasteiger charge is -2.21. The number of fused-ring (bicyclic) bond motifs is 1. The van der Waals surface area contributed by atoms with Crippen LogP contribution in [0, 0.1) is 0 Å². The van der Waals surface area contributed by atoms with Gasteiger partial charge in [0.25, 0.3) is 10.0 Å². The van der Waals surface area contributed by atoms with Crippen molar-refractivity contribution in [2.24, 2.45) is 0 Å². The number of hydrogen-bond donors (Lipinski definition) is 3. The topological polar surface area (TPSA) is 133 Å². The van der Waals surface area contributed by atoms with Crippen LogP contribution < -0.4 is 14.9 Å². The van der Waals surface area contributed by atoms with Gasteiger partial charge in [-0.1, -0.05) is 49.5 Å². The molecule has 3 N–H and O–H groups in total. The lowest BCUT2D eigenvalue weighted by Crippen LogP contribution is -2.27. The van der Waals surface area contributed by atoms with Gasteiger partial charge in [0.1, 0.15) is 0 Å². The zero-order chi connectivity index (χ0) is 29.4. The van der Waals surface area contributed by atoms with Crippen molar-refractivity contribution < 1.29 is 18.0 Å². The highest BCUT2D eigenvalue weighted by molar-refractivity contribution is 7.93. The maximum absolute atomic E-state index is 14.1. The van der Waals surface area contributed by atoms with E-state index in [-0.39, 0.29) is 10.9 Å². The summed E-state index contributed by atoms with van der Waals surface area (Å²) in [6.45, 7) is 3.99.